The van der Waals surface area contributed by atoms with Gasteiger partial charge in [0.15, 0.2) is 0 Å². The molecule has 0 saturated carbocycles. The van der Waals surface area contributed by atoms with E-state index >= 15 is 0 Å². The molecule has 0 spiro atoms. The van der Waals surface area contributed by atoms with Gasteiger partial charge < -0.3 is 15.7 Å². The average molecular weight is 253 g/mol. The Labute approximate surface area is 105 Å². The summed E-state index contributed by atoms with van der Waals surface area (Å²) < 4.78 is 0. The molecule has 0 heterocycles. The smallest absolute Gasteiger partial charge is 0.318 e. The van der Waals surface area contributed by atoms with Crippen molar-refractivity contribution in [3.05, 3.63) is 36.4 Å². The molecule has 5 heteroatoms. The van der Waals surface area contributed by atoms with E-state index in [1.54, 1.807) is 25.2 Å². The lowest BCUT2D eigenvalue weighted by molar-refractivity contribution is 0.254. The van der Waals surface area contributed by atoms with E-state index in [9.17, 15) is 9.90 Å². The number of phenols is 1. The lowest BCUT2D eigenvalue weighted by atomic mass is 10.1. The molecule has 4 nitrogen and oxygen atoms in total. The van der Waals surface area contributed by atoms with Gasteiger partial charge >= 0.3 is 6.03 Å². The molecule has 0 unspecified atom stereocenters. The molecule has 2 aromatic rings. The van der Waals surface area contributed by atoms with Crippen LogP contribution in [0.15, 0.2) is 36.4 Å². The van der Waals surface area contributed by atoms with E-state index in [1.807, 2.05) is 18.2 Å². The van der Waals surface area contributed by atoms with Crippen molar-refractivity contribution in [1.82, 2.24) is 5.32 Å². The van der Waals surface area contributed by atoms with Crippen LogP contribution in [-0.2, 0) is 0 Å². The summed E-state index contributed by atoms with van der Waals surface area (Å²) in [7, 11) is 1.56. The molecule has 0 fully saturated rings. The van der Waals surface area contributed by atoms with Gasteiger partial charge in [-0.05, 0) is 29.7 Å². The SMILES string of the molecule is CNC(=O)Nc1cccc2cc(O)ccc12.Cl. The van der Waals surface area contributed by atoms with Gasteiger partial charge in [0.2, 0.25) is 0 Å². The fourth-order valence-corrected chi connectivity index (χ4v) is 1.56. The highest BCUT2D eigenvalue weighted by atomic mass is 35.5. The van der Waals surface area contributed by atoms with E-state index in [0.29, 0.717) is 0 Å². The van der Waals surface area contributed by atoms with Gasteiger partial charge in [-0.1, -0.05) is 12.1 Å². The summed E-state index contributed by atoms with van der Waals surface area (Å²) in [6, 6.07) is 10.3. The third kappa shape index (κ3) is 2.79. The number of hydrogen-bond acceptors (Lipinski definition) is 2. The molecule has 0 aromatic heterocycles. The zero-order valence-corrected chi connectivity index (χ0v) is 10.0. The summed E-state index contributed by atoms with van der Waals surface area (Å²) >= 11 is 0. The highest BCUT2D eigenvalue weighted by Crippen LogP contribution is 2.26. The van der Waals surface area contributed by atoms with Crippen LogP contribution in [0.2, 0.25) is 0 Å². The van der Waals surface area contributed by atoms with E-state index in [-0.39, 0.29) is 24.2 Å². The largest absolute Gasteiger partial charge is 0.508 e. The third-order valence-electron chi connectivity index (χ3n) is 2.34. The van der Waals surface area contributed by atoms with Crippen molar-refractivity contribution < 1.29 is 9.90 Å². The molecular weight excluding hydrogens is 240 g/mol. The van der Waals surface area contributed by atoms with Crippen LogP contribution in [0.1, 0.15) is 0 Å². The lowest BCUT2D eigenvalue weighted by Crippen LogP contribution is -2.24. The number of carbonyl (C=O) groups excluding carboxylic acids is 1. The number of hydrogen-bond donors (Lipinski definition) is 3. The quantitative estimate of drug-likeness (QED) is 0.731. The maximum Gasteiger partial charge on any atom is 0.318 e. The first-order chi connectivity index (χ1) is 7.70. The summed E-state index contributed by atoms with van der Waals surface area (Å²) in [4.78, 5) is 11.2. The number of urea groups is 1. The van der Waals surface area contributed by atoms with Crippen molar-refractivity contribution in [2.24, 2.45) is 0 Å². The fourth-order valence-electron chi connectivity index (χ4n) is 1.56. The summed E-state index contributed by atoms with van der Waals surface area (Å²) in [6.07, 6.45) is 0. The highest BCUT2D eigenvalue weighted by molar-refractivity contribution is 6.01. The first kappa shape index (κ1) is 13.1. The molecule has 2 rings (SSSR count). The van der Waals surface area contributed by atoms with E-state index in [2.05, 4.69) is 10.6 Å². The first-order valence-corrected chi connectivity index (χ1v) is 4.91. The summed E-state index contributed by atoms with van der Waals surface area (Å²) in [5.74, 6) is 0.213. The van der Waals surface area contributed by atoms with Crippen LogP contribution >= 0.6 is 12.4 Å². The molecule has 0 aliphatic heterocycles. The number of halogens is 1. The van der Waals surface area contributed by atoms with Crippen LogP contribution in [0.25, 0.3) is 10.8 Å². The molecule has 0 atom stereocenters. The van der Waals surface area contributed by atoms with Gasteiger partial charge in [-0.2, -0.15) is 0 Å². The number of benzene rings is 2. The van der Waals surface area contributed by atoms with E-state index < -0.39 is 0 Å². The van der Waals surface area contributed by atoms with Crippen LogP contribution in [0.5, 0.6) is 5.75 Å². The Morgan fingerprint density at radius 2 is 2.00 bits per heavy atom. The molecule has 17 heavy (non-hydrogen) atoms. The van der Waals surface area contributed by atoms with Crippen LogP contribution < -0.4 is 10.6 Å². The topological polar surface area (TPSA) is 61.4 Å². The number of anilines is 1. The fraction of sp³-hybridized carbons (Fsp3) is 0.0833. The van der Waals surface area contributed by atoms with Crippen LogP contribution in [0.4, 0.5) is 10.5 Å². The molecule has 0 aliphatic carbocycles. The first-order valence-electron chi connectivity index (χ1n) is 4.91. The zero-order valence-electron chi connectivity index (χ0n) is 9.23. The number of phenolic OH excluding ortho intramolecular Hbond substituents is 1. The molecule has 3 N–H and O–H groups in total. The highest BCUT2D eigenvalue weighted by Gasteiger charge is 2.03. The van der Waals surface area contributed by atoms with Crippen molar-refractivity contribution in [3.63, 3.8) is 0 Å². The minimum absolute atomic E-state index is 0. The maximum absolute atomic E-state index is 11.2. The van der Waals surface area contributed by atoms with Gasteiger partial charge in [0.25, 0.3) is 0 Å². The van der Waals surface area contributed by atoms with Gasteiger partial charge in [0, 0.05) is 12.4 Å². The molecule has 0 bridgehead atoms. The van der Waals surface area contributed by atoms with Crippen molar-refractivity contribution in [3.8, 4) is 5.75 Å². The normalized spacial score (nSPS) is 9.47. The second-order valence-electron chi connectivity index (χ2n) is 3.42. The van der Waals surface area contributed by atoms with Crippen molar-refractivity contribution in [2.45, 2.75) is 0 Å². The summed E-state index contributed by atoms with van der Waals surface area (Å²) in [5.41, 5.74) is 0.719. The van der Waals surface area contributed by atoms with Crippen LogP contribution in [0.3, 0.4) is 0 Å². The Hall–Kier alpha value is -1.94. The van der Waals surface area contributed by atoms with E-state index in [1.165, 1.54) is 0 Å². The van der Waals surface area contributed by atoms with E-state index in [4.69, 9.17) is 0 Å². The lowest BCUT2D eigenvalue weighted by Gasteiger charge is -2.08. The average Bonchev–Trinajstić information content (AvgIpc) is 2.28. The Morgan fingerprint density at radius 1 is 1.24 bits per heavy atom. The second-order valence-corrected chi connectivity index (χ2v) is 3.42. The Bertz CT molecular complexity index is 543. The summed E-state index contributed by atoms with van der Waals surface area (Å²) in [6.45, 7) is 0. The number of fused-ring (bicyclic) bond motifs is 1. The van der Waals surface area contributed by atoms with Crippen molar-refractivity contribution >= 4 is 34.9 Å². The van der Waals surface area contributed by atoms with Crippen LogP contribution in [-0.4, -0.2) is 18.2 Å². The Balaban J connectivity index is 0.00000144. The molecule has 90 valence electrons. The Kier molecular flexibility index (Phi) is 4.17. The van der Waals surface area contributed by atoms with Gasteiger partial charge in [-0.3, -0.25) is 0 Å². The van der Waals surface area contributed by atoms with Gasteiger partial charge in [-0.25, -0.2) is 4.79 Å². The molecule has 2 amide bonds. The number of rotatable bonds is 1. The minimum Gasteiger partial charge on any atom is -0.508 e. The standard InChI is InChI=1S/C12H12N2O2.ClH/c1-13-12(16)14-11-4-2-3-8-7-9(15)5-6-10(8)11;/h2-7,15H,1H3,(H2,13,14,16);1H. The predicted octanol–water partition coefficient (Wildman–Crippen LogP) is 2.72. The number of aromatic hydroxyl groups is 1. The van der Waals surface area contributed by atoms with Crippen LogP contribution in [0, 0.1) is 0 Å². The van der Waals surface area contributed by atoms with E-state index in [0.717, 1.165) is 16.5 Å². The number of amides is 2. The van der Waals surface area contributed by atoms with Crippen molar-refractivity contribution in [2.75, 3.05) is 12.4 Å². The van der Waals surface area contributed by atoms with Gasteiger partial charge in [-0.15, -0.1) is 12.4 Å². The predicted molar refractivity (Wildman–Crippen MR) is 70.9 cm³/mol. The molecule has 2 aromatic carbocycles. The molecule has 0 saturated heterocycles. The molecule has 0 radical (unpaired) electrons. The van der Waals surface area contributed by atoms with Crippen molar-refractivity contribution in [1.29, 1.82) is 0 Å². The Morgan fingerprint density at radius 3 is 2.71 bits per heavy atom. The minimum atomic E-state index is -0.263. The molecular formula is C12H13ClN2O2. The maximum atomic E-state index is 11.2. The third-order valence-corrected chi connectivity index (χ3v) is 2.34. The number of nitrogens with one attached hydrogen (secondary N) is 2. The summed E-state index contributed by atoms with van der Waals surface area (Å²) in [5, 5.41) is 16.3. The van der Waals surface area contributed by atoms with Gasteiger partial charge in [0.1, 0.15) is 5.75 Å². The molecule has 0 aliphatic rings. The van der Waals surface area contributed by atoms with Gasteiger partial charge in [0.05, 0.1) is 5.69 Å². The zero-order chi connectivity index (χ0) is 11.5. The number of carbonyl (C=O) groups is 1. The monoisotopic (exact) mass is 252 g/mol. The second kappa shape index (κ2) is 5.41.